The zero-order chi connectivity index (χ0) is 13.1. The maximum atomic E-state index is 11.0. The predicted octanol–water partition coefficient (Wildman–Crippen LogP) is 1.48. The van der Waals surface area contributed by atoms with Crippen LogP contribution in [0.3, 0.4) is 0 Å². The van der Waals surface area contributed by atoms with E-state index in [9.17, 15) is 4.79 Å². The minimum Gasteiger partial charge on any atom is -0.478 e. The molecule has 2 rings (SSSR count). The van der Waals surface area contributed by atoms with Gasteiger partial charge in [0.05, 0.1) is 11.8 Å². The van der Waals surface area contributed by atoms with Gasteiger partial charge in [-0.1, -0.05) is 18.2 Å². The molecule has 0 aliphatic rings. The molecular formula is C12H12N4O2. The van der Waals surface area contributed by atoms with E-state index < -0.39 is 5.97 Å². The third kappa shape index (κ3) is 2.27. The number of benzene rings is 1. The van der Waals surface area contributed by atoms with Crippen molar-refractivity contribution >= 4 is 12.2 Å². The molecule has 1 heterocycles. The molecule has 1 N–H and O–H groups in total. The average Bonchev–Trinajstić information content (AvgIpc) is 2.67. The Balaban J connectivity index is 2.38. The van der Waals surface area contributed by atoms with Crippen LogP contribution in [0.15, 0.2) is 29.4 Å². The summed E-state index contributed by atoms with van der Waals surface area (Å²) in [5, 5.41) is 21.0. The van der Waals surface area contributed by atoms with Gasteiger partial charge >= 0.3 is 5.97 Å². The highest BCUT2D eigenvalue weighted by atomic mass is 16.4. The molecule has 1 aromatic carbocycles. The molecule has 0 bridgehead atoms. The number of hydrogen-bond acceptors (Lipinski definition) is 4. The molecule has 0 saturated heterocycles. The van der Waals surface area contributed by atoms with Crippen molar-refractivity contribution in [2.45, 2.75) is 13.8 Å². The summed E-state index contributed by atoms with van der Waals surface area (Å²) in [6.07, 6.45) is 1.49. The van der Waals surface area contributed by atoms with Gasteiger partial charge in [-0.3, -0.25) is 0 Å². The second-order valence-electron chi connectivity index (χ2n) is 3.74. The van der Waals surface area contributed by atoms with Crippen molar-refractivity contribution in [3.8, 4) is 0 Å². The molecule has 2 aromatic rings. The van der Waals surface area contributed by atoms with Crippen LogP contribution < -0.4 is 0 Å². The van der Waals surface area contributed by atoms with Crippen molar-refractivity contribution in [3.05, 3.63) is 47.0 Å². The molecule has 18 heavy (non-hydrogen) atoms. The van der Waals surface area contributed by atoms with E-state index >= 15 is 0 Å². The third-order valence-corrected chi connectivity index (χ3v) is 2.46. The van der Waals surface area contributed by atoms with Crippen LogP contribution in [-0.4, -0.2) is 32.2 Å². The normalized spacial score (nSPS) is 11.0. The van der Waals surface area contributed by atoms with E-state index in [2.05, 4.69) is 15.3 Å². The molecule has 0 aliphatic heterocycles. The molecule has 6 heteroatoms. The zero-order valence-electron chi connectivity index (χ0n) is 10.0. The number of hydrogen-bond donors (Lipinski definition) is 1. The molecule has 0 amide bonds. The van der Waals surface area contributed by atoms with Crippen molar-refractivity contribution < 1.29 is 9.90 Å². The molecular weight excluding hydrogens is 232 g/mol. The molecule has 0 radical (unpaired) electrons. The monoisotopic (exact) mass is 244 g/mol. The second-order valence-corrected chi connectivity index (χ2v) is 3.74. The van der Waals surface area contributed by atoms with Crippen molar-refractivity contribution in [2.24, 2.45) is 5.10 Å². The highest BCUT2D eigenvalue weighted by Gasteiger charge is 2.07. The smallest absolute Gasteiger partial charge is 0.336 e. The van der Waals surface area contributed by atoms with E-state index in [1.807, 2.05) is 0 Å². The molecule has 0 aliphatic carbocycles. The topological polar surface area (TPSA) is 80.4 Å². The van der Waals surface area contributed by atoms with Crippen LogP contribution >= 0.6 is 0 Å². The average molecular weight is 244 g/mol. The molecule has 1 aromatic heterocycles. The highest BCUT2D eigenvalue weighted by molar-refractivity contribution is 5.98. The number of carboxylic acid groups (broad SMARTS) is 1. The predicted molar refractivity (Wildman–Crippen MR) is 65.9 cm³/mol. The summed E-state index contributed by atoms with van der Waals surface area (Å²) in [4.78, 5) is 11.0. The fraction of sp³-hybridized carbons (Fsp3) is 0.167. The molecule has 0 spiro atoms. The number of rotatable bonds is 3. The van der Waals surface area contributed by atoms with Gasteiger partial charge in [0.2, 0.25) is 0 Å². The molecule has 92 valence electrons. The van der Waals surface area contributed by atoms with Crippen LogP contribution in [0.1, 0.15) is 27.6 Å². The van der Waals surface area contributed by atoms with Crippen molar-refractivity contribution in [1.82, 2.24) is 14.9 Å². The maximum Gasteiger partial charge on any atom is 0.336 e. The first kappa shape index (κ1) is 12.0. The van der Waals surface area contributed by atoms with Crippen LogP contribution in [0.25, 0.3) is 0 Å². The van der Waals surface area contributed by atoms with E-state index in [1.165, 1.54) is 12.3 Å². The van der Waals surface area contributed by atoms with E-state index in [-0.39, 0.29) is 5.56 Å². The van der Waals surface area contributed by atoms with Crippen LogP contribution in [-0.2, 0) is 0 Å². The van der Waals surface area contributed by atoms with Gasteiger partial charge in [0, 0.05) is 5.56 Å². The first-order valence-electron chi connectivity index (χ1n) is 5.35. The van der Waals surface area contributed by atoms with E-state index in [0.717, 1.165) is 0 Å². The Morgan fingerprint density at radius 2 is 1.89 bits per heavy atom. The van der Waals surface area contributed by atoms with Gasteiger partial charge in [0.1, 0.15) is 0 Å². The minimum absolute atomic E-state index is 0.213. The van der Waals surface area contributed by atoms with Gasteiger partial charge in [0.25, 0.3) is 0 Å². The third-order valence-electron chi connectivity index (χ3n) is 2.46. The van der Waals surface area contributed by atoms with Gasteiger partial charge in [-0.05, 0) is 19.9 Å². The quantitative estimate of drug-likeness (QED) is 0.829. The molecule has 6 nitrogen and oxygen atoms in total. The van der Waals surface area contributed by atoms with Gasteiger partial charge in [-0.15, -0.1) is 10.2 Å². The fourth-order valence-corrected chi connectivity index (χ4v) is 1.56. The fourth-order valence-electron chi connectivity index (χ4n) is 1.56. The standard InChI is InChI=1S/C12H12N4O2/c1-8-14-15-9(2)16(8)13-7-10-5-3-4-6-11(10)12(17)18/h3-7H,1-2H3,(H,17,18)/b13-7-. The maximum absolute atomic E-state index is 11.0. The number of carboxylic acids is 1. The van der Waals surface area contributed by atoms with Crippen LogP contribution in [0, 0.1) is 13.8 Å². The van der Waals surface area contributed by atoms with E-state index in [4.69, 9.17) is 5.11 Å². The molecule has 0 atom stereocenters. The highest BCUT2D eigenvalue weighted by Crippen LogP contribution is 2.07. The van der Waals surface area contributed by atoms with Gasteiger partial charge in [0.15, 0.2) is 11.6 Å². The summed E-state index contributed by atoms with van der Waals surface area (Å²) in [5.41, 5.74) is 0.752. The lowest BCUT2D eigenvalue weighted by molar-refractivity contribution is 0.0697. The van der Waals surface area contributed by atoms with E-state index in [1.54, 1.807) is 36.7 Å². The Labute approximate surface area is 104 Å². The minimum atomic E-state index is -0.978. The Hall–Kier alpha value is -2.50. The molecule has 0 unspecified atom stereocenters. The van der Waals surface area contributed by atoms with Gasteiger partial charge in [-0.2, -0.15) is 5.10 Å². The van der Waals surface area contributed by atoms with Crippen LogP contribution in [0.2, 0.25) is 0 Å². The number of nitrogens with zero attached hydrogens (tertiary/aromatic N) is 4. The summed E-state index contributed by atoms with van der Waals surface area (Å²) in [5.74, 6) is 0.322. The Kier molecular flexibility index (Phi) is 3.18. The van der Waals surface area contributed by atoms with E-state index in [0.29, 0.717) is 17.2 Å². The number of carbonyl (C=O) groups is 1. The van der Waals surface area contributed by atoms with Crippen molar-refractivity contribution in [1.29, 1.82) is 0 Å². The van der Waals surface area contributed by atoms with Crippen LogP contribution in [0.4, 0.5) is 0 Å². The van der Waals surface area contributed by atoms with Gasteiger partial charge < -0.3 is 5.11 Å². The Morgan fingerprint density at radius 1 is 1.28 bits per heavy atom. The summed E-state index contributed by atoms with van der Waals surface area (Å²) >= 11 is 0. The lowest BCUT2D eigenvalue weighted by atomic mass is 10.1. The molecule has 0 fully saturated rings. The SMILES string of the molecule is Cc1nnc(C)n1/N=C\c1ccccc1C(=O)O. The van der Waals surface area contributed by atoms with Crippen LogP contribution in [0.5, 0.6) is 0 Å². The first-order chi connectivity index (χ1) is 8.59. The summed E-state index contributed by atoms with van der Waals surface area (Å²) in [7, 11) is 0. The Morgan fingerprint density at radius 3 is 2.50 bits per heavy atom. The summed E-state index contributed by atoms with van der Waals surface area (Å²) < 4.78 is 1.55. The zero-order valence-corrected chi connectivity index (χ0v) is 10.0. The summed E-state index contributed by atoms with van der Waals surface area (Å²) in [6.45, 7) is 3.56. The lowest BCUT2D eigenvalue weighted by Gasteiger charge is -2.00. The first-order valence-corrected chi connectivity index (χ1v) is 5.35. The summed E-state index contributed by atoms with van der Waals surface area (Å²) in [6, 6.07) is 6.67. The molecule has 0 saturated carbocycles. The second kappa shape index (κ2) is 4.79. The van der Waals surface area contributed by atoms with Crippen molar-refractivity contribution in [3.63, 3.8) is 0 Å². The number of aryl methyl sites for hydroxylation is 2. The largest absolute Gasteiger partial charge is 0.478 e. The van der Waals surface area contributed by atoms with Crippen molar-refractivity contribution in [2.75, 3.05) is 0 Å². The van der Waals surface area contributed by atoms with Gasteiger partial charge in [-0.25, -0.2) is 9.47 Å². The Bertz CT molecular complexity index is 597. The number of aromatic carboxylic acids is 1. The lowest BCUT2D eigenvalue weighted by Crippen LogP contribution is -2.03. The number of aromatic nitrogens is 3.